The van der Waals surface area contributed by atoms with Crippen molar-refractivity contribution in [3.63, 3.8) is 0 Å². The number of hydroxylamine groups is 1. The molecule has 1 amide bonds. The number of ether oxygens (including phenoxy) is 1. The molecule has 3 rings (SSSR count). The highest BCUT2D eigenvalue weighted by atomic mass is 19.4. The number of nitrogens with one attached hydrogen (secondary N) is 2. The Kier molecular flexibility index (Phi) is 7.28. The van der Waals surface area contributed by atoms with Crippen molar-refractivity contribution < 1.29 is 27.8 Å². The third-order valence-corrected chi connectivity index (χ3v) is 4.91. The minimum absolute atomic E-state index is 0.00960. The van der Waals surface area contributed by atoms with Gasteiger partial charge in [-0.1, -0.05) is 18.2 Å². The molecule has 6 nitrogen and oxygen atoms in total. The number of alkyl halides is 3. The largest absolute Gasteiger partial charge is 0.629 e. The maximum atomic E-state index is 13.2. The molecule has 0 aliphatic rings. The Bertz CT molecular complexity index is 1160. The summed E-state index contributed by atoms with van der Waals surface area (Å²) in [6, 6.07) is 13.8. The molecule has 0 saturated heterocycles. The Labute approximate surface area is 196 Å². The molecule has 0 aliphatic heterocycles. The van der Waals surface area contributed by atoms with Crippen LogP contribution in [-0.2, 0) is 17.5 Å². The third kappa shape index (κ3) is 6.55. The third-order valence-electron chi connectivity index (χ3n) is 4.91. The van der Waals surface area contributed by atoms with E-state index < -0.39 is 28.5 Å². The van der Waals surface area contributed by atoms with Crippen LogP contribution in [-0.4, -0.2) is 16.7 Å². The van der Waals surface area contributed by atoms with Gasteiger partial charge in [-0.05, 0) is 63.6 Å². The van der Waals surface area contributed by atoms with Gasteiger partial charge in [-0.2, -0.15) is 13.2 Å². The van der Waals surface area contributed by atoms with Crippen LogP contribution in [0.4, 0.5) is 29.3 Å². The number of halogens is 3. The minimum atomic E-state index is -4.53. The number of hydrogen-bond donors (Lipinski definition) is 2. The van der Waals surface area contributed by atoms with Crippen LogP contribution in [0, 0.1) is 12.1 Å². The molecular formula is C25H26F3N3O3. The second kappa shape index (κ2) is 9.82. The number of amides is 1. The first-order valence-corrected chi connectivity index (χ1v) is 10.6. The van der Waals surface area contributed by atoms with E-state index in [1.165, 1.54) is 19.1 Å². The SMILES string of the molecule is Cc1ccc([NH+]([O-])Cc2cccnc2-c2ccc(NC(=O)OC(C)(C)C)cc2)cc1C(F)(F)F. The predicted molar refractivity (Wildman–Crippen MR) is 123 cm³/mol. The molecule has 0 spiro atoms. The molecule has 0 saturated carbocycles. The average molecular weight is 473 g/mol. The Morgan fingerprint density at radius 1 is 1.09 bits per heavy atom. The summed E-state index contributed by atoms with van der Waals surface area (Å²) in [4.78, 5) is 16.3. The summed E-state index contributed by atoms with van der Waals surface area (Å²) >= 11 is 0. The molecule has 1 aromatic heterocycles. The molecule has 0 bridgehead atoms. The van der Waals surface area contributed by atoms with E-state index in [9.17, 15) is 23.2 Å². The van der Waals surface area contributed by atoms with E-state index in [2.05, 4.69) is 10.3 Å². The fourth-order valence-corrected chi connectivity index (χ4v) is 3.35. The van der Waals surface area contributed by atoms with Gasteiger partial charge >= 0.3 is 12.3 Å². The Balaban J connectivity index is 1.80. The van der Waals surface area contributed by atoms with Crippen LogP contribution in [0.5, 0.6) is 0 Å². The molecule has 1 heterocycles. The lowest BCUT2D eigenvalue weighted by atomic mass is 10.0. The van der Waals surface area contributed by atoms with Gasteiger partial charge in [0.2, 0.25) is 0 Å². The predicted octanol–water partition coefficient (Wildman–Crippen LogP) is 5.64. The van der Waals surface area contributed by atoms with E-state index in [-0.39, 0.29) is 17.8 Å². The Hall–Kier alpha value is -3.43. The van der Waals surface area contributed by atoms with Crippen LogP contribution in [0.1, 0.15) is 37.5 Å². The number of carbonyl (C=O) groups excluding carboxylic acids is 1. The number of rotatable bonds is 5. The zero-order valence-corrected chi connectivity index (χ0v) is 19.3. The number of benzene rings is 2. The second-order valence-electron chi connectivity index (χ2n) is 8.84. The van der Waals surface area contributed by atoms with Gasteiger partial charge in [0.05, 0.1) is 11.3 Å². The average Bonchev–Trinajstić information content (AvgIpc) is 2.73. The van der Waals surface area contributed by atoms with Gasteiger partial charge in [-0.25, -0.2) is 4.79 Å². The monoisotopic (exact) mass is 473 g/mol. The van der Waals surface area contributed by atoms with Crippen molar-refractivity contribution in [3.8, 4) is 11.3 Å². The summed E-state index contributed by atoms with van der Waals surface area (Å²) in [5.41, 5.74) is 0.924. The van der Waals surface area contributed by atoms with Crippen LogP contribution in [0.15, 0.2) is 60.8 Å². The number of anilines is 1. The summed E-state index contributed by atoms with van der Waals surface area (Å²) in [6.07, 6.45) is -3.54. The van der Waals surface area contributed by atoms with Gasteiger partial charge in [-0.15, -0.1) is 0 Å². The minimum Gasteiger partial charge on any atom is -0.629 e. The van der Waals surface area contributed by atoms with Gasteiger partial charge < -0.3 is 15.0 Å². The molecule has 34 heavy (non-hydrogen) atoms. The van der Waals surface area contributed by atoms with Crippen LogP contribution in [0.3, 0.4) is 0 Å². The van der Waals surface area contributed by atoms with E-state index in [4.69, 9.17) is 4.74 Å². The molecule has 0 radical (unpaired) electrons. The fraction of sp³-hybridized carbons (Fsp3) is 0.280. The van der Waals surface area contributed by atoms with Gasteiger partial charge in [0.15, 0.2) is 0 Å². The number of carbonyl (C=O) groups is 1. The first-order valence-electron chi connectivity index (χ1n) is 10.6. The lowest BCUT2D eigenvalue weighted by molar-refractivity contribution is -0.791. The van der Waals surface area contributed by atoms with E-state index >= 15 is 0 Å². The van der Waals surface area contributed by atoms with E-state index in [1.54, 1.807) is 63.4 Å². The highest BCUT2D eigenvalue weighted by molar-refractivity contribution is 5.85. The van der Waals surface area contributed by atoms with Gasteiger partial charge in [0.25, 0.3) is 0 Å². The normalized spacial score (nSPS) is 12.8. The van der Waals surface area contributed by atoms with Gasteiger partial charge in [0, 0.05) is 29.1 Å². The van der Waals surface area contributed by atoms with Crippen molar-refractivity contribution in [1.29, 1.82) is 0 Å². The summed E-state index contributed by atoms with van der Waals surface area (Å²) in [5, 5.41) is 15.0. The summed E-state index contributed by atoms with van der Waals surface area (Å²) in [7, 11) is 0. The van der Waals surface area contributed by atoms with Crippen molar-refractivity contribution in [2.24, 2.45) is 0 Å². The molecular weight excluding hydrogens is 447 g/mol. The van der Waals surface area contributed by atoms with Gasteiger partial charge in [-0.3, -0.25) is 10.3 Å². The van der Waals surface area contributed by atoms with Crippen molar-refractivity contribution in [2.45, 2.75) is 46.0 Å². The first kappa shape index (κ1) is 25.2. The molecule has 0 fully saturated rings. The molecule has 2 N–H and O–H groups in total. The number of hydrogen-bond acceptors (Lipinski definition) is 4. The van der Waals surface area contributed by atoms with E-state index in [0.29, 0.717) is 22.5 Å². The number of nitrogens with zero attached hydrogens (tertiary/aromatic N) is 1. The van der Waals surface area contributed by atoms with Crippen LogP contribution < -0.4 is 10.4 Å². The van der Waals surface area contributed by atoms with Crippen LogP contribution in [0.25, 0.3) is 11.3 Å². The molecule has 1 atom stereocenters. The topological polar surface area (TPSA) is 78.7 Å². The van der Waals surface area contributed by atoms with Crippen LogP contribution in [0.2, 0.25) is 0 Å². The quantitative estimate of drug-likeness (QED) is 0.471. The van der Waals surface area contributed by atoms with Crippen molar-refractivity contribution in [1.82, 2.24) is 4.98 Å². The summed E-state index contributed by atoms with van der Waals surface area (Å²) < 4.78 is 45.0. The number of aryl methyl sites for hydroxylation is 1. The smallest absolute Gasteiger partial charge is 0.416 e. The molecule has 0 aliphatic carbocycles. The molecule has 2 aromatic carbocycles. The zero-order valence-electron chi connectivity index (χ0n) is 19.3. The molecule has 3 aromatic rings. The highest BCUT2D eigenvalue weighted by Gasteiger charge is 2.33. The lowest BCUT2D eigenvalue weighted by Gasteiger charge is -2.24. The van der Waals surface area contributed by atoms with E-state index in [1.807, 2.05) is 0 Å². The number of quaternary nitrogens is 1. The van der Waals surface area contributed by atoms with Crippen molar-refractivity contribution in [3.05, 3.63) is 82.7 Å². The second-order valence-corrected chi connectivity index (χ2v) is 8.84. The lowest BCUT2D eigenvalue weighted by Crippen LogP contribution is -3.00. The standard InChI is InChI=1S/C25H26F3N3O3/c1-16-7-12-20(14-21(16)25(26,27)28)31(33)15-18-6-5-13-29-22(18)17-8-10-19(11-9-17)30-23(32)34-24(2,3)4/h5-14,31H,15H2,1-4H3,(H,30,32). The highest BCUT2D eigenvalue weighted by Crippen LogP contribution is 2.33. The Morgan fingerprint density at radius 2 is 1.76 bits per heavy atom. The maximum Gasteiger partial charge on any atom is 0.416 e. The molecule has 1 unspecified atom stereocenters. The molecule has 9 heteroatoms. The van der Waals surface area contributed by atoms with Crippen LogP contribution >= 0.6 is 0 Å². The fourth-order valence-electron chi connectivity index (χ4n) is 3.35. The Morgan fingerprint density at radius 3 is 2.38 bits per heavy atom. The maximum absolute atomic E-state index is 13.2. The van der Waals surface area contributed by atoms with E-state index in [0.717, 1.165) is 6.07 Å². The first-order chi connectivity index (χ1) is 15.8. The number of pyridine rings is 1. The summed E-state index contributed by atoms with van der Waals surface area (Å²) in [5.74, 6) is 0. The van der Waals surface area contributed by atoms with Gasteiger partial charge in [0.1, 0.15) is 17.8 Å². The molecule has 180 valence electrons. The summed E-state index contributed by atoms with van der Waals surface area (Å²) in [6.45, 7) is 6.54. The van der Waals surface area contributed by atoms with Crippen molar-refractivity contribution in [2.75, 3.05) is 5.32 Å². The zero-order chi connectivity index (χ0) is 25.1. The number of aromatic nitrogens is 1. The van der Waals surface area contributed by atoms with Crippen molar-refractivity contribution >= 4 is 17.5 Å².